The lowest BCUT2D eigenvalue weighted by molar-refractivity contribution is 0.0151. The van der Waals surface area contributed by atoms with Crippen molar-refractivity contribution in [2.45, 2.75) is 64.2 Å². The molecule has 0 aromatic rings. The third-order valence-corrected chi connectivity index (χ3v) is 4.48. The van der Waals surface area contributed by atoms with Crippen LogP contribution in [-0.4, -0.2) is 62.5 Å². The molecule has 2 rings (SSSR count). The number of nitrogens with zero attached hydrogens (tertiary/aromatic N) is 1. The predicted molar refractivity (Wildman–Crippen MR) is 86.7 cm³/mol. The zero-order chi connectivity index (χ0) is 15.3. The van der Waals surface area contributed by atoms with Crippen LogP contribution in [-0.2, 0) is 9.47 Å². The molecule has 4 heteroatoms. The second kappa shape index (κ2) is 7.91. The maximum absolute atomic E-state index is 6.19. The minimum atomic E-state index is 0.182. The maximum Gasteiger partial charge on any atom is 0.0707 e. The fourth-order valence-corrected chi connectivity index (χ4v) is 3.28. The van der Waals surface area contributed by atoms with Crippen molar-refractivity contribution in [1.82, 2.24) is 10.2 Å². The average molecular weight is 298 g/mol. The molecule has 2 aliphatic rings. The Morgan fingerprint density at radius 1 is 1.00 bits per heavy atom. The Balaban J connectivity index is 1.62. The van der Waals surface area contributed by atoms with Crippen molar-refractivity contribution in [2.75, 3.05) is 39.9 Å². The number of hydrogen-bond donors (Lipinski definition) is 1. The van der Waals surface area contributed by atoms with Gasteiger partial charge in [-0.1, -0.05) is 0 Å². The number of ether oxygens (including phenoxy) is 2. The monoisotopic (exact) mass is 298 g/mol. The molecule has 21 heavy (non-hydrogen) atoms. The van der Waals surface area contributed by atoms with Gasteiger partial charge in [-0.15, -0.1) is 0 Å². The van der Waals surface area contributed by atoms with Gasteiger partial charge in [-0.25, -0.2) is 0 Å². The Morgan fingerprint density at radius 3 is 2.33 bits per heavy atom. The van der Waals surface area contributed by atoms with E-state index >= 15 is 0 Å². The molecule has 0 aliphatic carbocycles. The van der Waals surface area contributed by atoms with Gasteiger partial charge in [-0.3, -0.25) is 0 Å². The fourth-order valence-electron chi connectivity index (χ4n) is 3.28. The lowest BCUT2D eigenvalue weighted by atomic mass is 10.00. The van der Waals surface area contributed by atoms with Crippen LogP contribution in [0.2, 0.25) is 0 Å². The SMILES string of the molecule is CN(CC1CCOCC1)CC1CCC(CNC(C)(C)C)O1. The van der Waals surface area contributed by atoms with E-state index in [9.17, 15) is 0 Å². The van der Waals surface area contributed by atoms with Crippen molar-refractivity contribution in [2.24, 2.45) is 5.92 Å². The second-order valence-corrected chi connectivity index (χ2v) is 7.87. The number of hydrogen-bond acceptors (Lipinski definition) is 4. The summed E-state index contributed by atoms with van der Waals surface area (Å²) in [7, 11) is 2.24. The van der Waals surface area contributed by atoms with Crippen LogP contribution in [0.15, 0.2) is 0 Å². The molecule has 2 atom stereocenters. The molecule has 2 saturated heterocycles. The third-order valence-electron chi connectivity index (χ3n) is 4.48. The molecule has 2 heterocycles. The Morgan fingerprint density at radius 2 is 1.67 bits per heavy atom. The first kappa shape index (κ1) is 17.2. The topological polar surface area (TPSA) is 33.7 Å². The summed E-state index contributed by atoms with van der Waals surface area (Å²) in [5.74, 6) is 0.809. The molecular formula is C17H34N2O2. The molecule has 4 nitrogen and oxygen atoms in total. The van der Waals surface area contributed by atoms with Crippen molar-refractivity contribution in [3.63, 3.8) is 0 Å². The molecule has 2 aliphatic heterocycles. The second-order valence-electron chi connectivity index (χ2n) is 7.87. The predicted octanol–water partition coefficient (Wildman–Crippen LogP) is 2.28. The van der Waals surface area contributed by atoms with E-state index in [1.165, 1.54) is 32.2 Å². The van der Waals surface area contributed by atoms with Gasteiger partial charge in [0.25, 0.3) is 0 Å². The minimum Gasteiger partial charge on any atom is -0.381 e. The summed E-state index contributed by atoms with van der Waals surface area (Å²) in [4.78, 5) is 2.46. The normalized spacial score (nSPS) is 28.4. The molecule has 0 amide bonds. The number of nitrogens with one attached hydrogen (secondary N) is 1. The van der Waals surface area contributed by atoms with Crippen LogP contribution in [0.25, 0.3) is 0 Å². The van der Waals surface area contributed by atoms with Gasteiger partial charge in [0.2, 0.25) is 0 Å². The van der Waals surface area contributed by atoms with Crippen molar-refractivity contribution in [3.05, 3.63) is 0 Å². The van der Waals surface area contributed by atoms with E-state index in [-0.39, 0.29) is 5.54 Å². The summed E-state index contributed by atoms with van der Waals surface area (Å²) < 4.78 is 11.6. The van der Waals surface area contributed by atoms with E-state index in [0.717, 1.165) is 32.2 Å². The first-order valence-electron chi connectivity index (χ1n) is 8.59. The highest BCUT2D eigenvalue weighted by atomic mass is 16.5. The first-order chi connectivity index (χ1) is 9.92. The minimum absolute atomic E-state index is 0.182. The first-order valence-corrected chi connectivity index (χ1v) is 8.59. The highest BCUT2D eigenvalue weighted by Gasteiger charge is 2.27. The van der Waals surface area contributed by atoms with Crippen molar-refractivity contribution >= 4 is 0 Å². The molecule has 0 aromatic heterocycles. The van der Waals surface area contributed by atoms with Crippen LogP contribution in [0.3, 0.4) is 0 Å². The Labute approximate surface area is 130 Å². The Bertz CT molecular complexity index is 298. The van der Waals surface area contributed by atoms with Gasteiger partial charge in [0.15, 0.2) is 0 Å². The Kier molecular flexibility index (Phi) is 6.48. The van der Waals surface area contributed by atoms with Gasteiger partial charge in [0, 0.05) is 38.4 Å². The van der Waals surface area contributed by atoms with Crippen LogP contribution in [0, 0.1) is 5.92 Å². The number of likely N-dealkylation sites (N-methyl/N-ethyl adjacent to an activating group) is 1. The standard InChI is InChI=1S/C17H34N2O2/c1-17(2,3)18-11-15-5-6-16(21-15)13-19(4)12-14-7-9-20-10-8-14/h14-16,18H,5-13H2,1-4H3. The van der Waals surface area contributed by atoms with E-state index in [4.69, 9.17) is 9.47 Å². The lowest BCUT2D eigenvalue weighted by Crippen LogP contribution is -2.41. The summed E-state index contributed by atoms with van der Waals surface area (Å²) in [6.07, 6.45) is 5.64. The number of rotatable bonds is 6. The smallest absolute Gasteiger partial charge is 0.0707 e. The zero-order valence-electron chi connectivity index (χ0n) is 14.4. The molecule has 0 radical (unpaired) electrons. The molecule has 0 aromatic carbocycles. The quantitative estimate of drug-likeness (QED) is 0.816. The van der Waals surface area contributed by atoms with Gasteiger partial charge in [-0.05, 0) is 59.4 Å². The summed E-state index contributed by atoms with van der Waals surface area (Å²) in [5, 5.41) is 3.55. The average Bonchev–Trinajstić information content (AvgIpc) is 2.84. The largest absolute Gasteiger partial charge is 0.381 e. The van der Waals surface area contributed by atoms with E-state index in [0.29, 0.717) is 12.2 Å². The summed E-state index contributed by atoms with van der Waals surface area (Å²) in [5.41, 5.74) is 0.182. The highest BCUT2D eigenvalue weighted by Crippen LogP contribution is 2.22. The van der Waals surface area contributed by atoms with Crippen LogP contribution < -0.4 is 5.32 Å². The van der Waals surface area contributed by atoms with E-state index in [1.54, 1.807) is 0 Å². The molecule has 2 fully saturated rings. The molecule has 1 N–H and O–H groups in total. The van der Waals surface area contributed by atoms with Crippen LogP contribution in [0.4, 0.5) is 0 Å². The lowest BCUT2D eigenvalue weighted by Gasteiger charge is -2.29. The summed E-state index contributed by atoms with van der Waals surface area (Å²) >= 11 is 0. The molecule has 2 unspecified atom stereocenters. The van der Waals surface area contributed by atoms with E-state index < -0.39 is 0 Å². The van der Waals surface area contributed by atoms with Crippen molar-refractivity contribution in [3.8, 4) is 0 Å². The fraction of sp³-hybridized carbons (Fsp3) is 1.00. The molecule has 0 saturated carbocycles. The molecule has 124 valence electrons. The summed E-state index contributed by atoms with van der Waals surface area (Å²) in [6, 6.07) is 0. The molecule has 0 bridgehead atoms. The van der Waals surface area contributed by atoms with Crippen LogP contribution in [0.1, 0.15) is 46.5 Å². The van der Waals surface area contributed by atoms with Gasteiger partial charge in [0.1, 0.15) is 0 Å². The van der Waals surface area contributed by atoms with Gasteiger partial charge in [0.05, 0.1) is 12.2 Å². The van der Waals surface area contributed by atoms with Gasteiger partial charge < -0.3 is 19.7 Å². The van der Waals surface area contributed by atoms with E-state index in [2.05, 4.69) is 38.0 Å². The third kappa shape index (κ3) is 6.64. The molecular weight excluding hydrogens is 264 g/mol. The zero-order valence-corrected chi connectivity index (χ0v) is 14.4. The van der Waals surface area contributed by atoms with Crippen LogP contribution in [0.5, 0.6) is 0 Å². The highest BCUT2D eigenvalue weighted by molar-refractivity contribution is 4.81. The van der Waals surface area contributed by atoms with Crippen molar-refractivity contribution < 1.29 is 9.47 Å². The van der Waals surface area contributed by atoms with E-state index in [1.807, 2.05) is 0 Å². The Hall–Kier alpha value is -0.160. The maximum atomic E-state index is 6.19. The van der Waals surface area contributed by atoms with Crippen molar-refractivity contribution in [1.29, 1.82) is 0 Å². The van der Waals surface area contributed by atoms with Gasteiger partial charge >= 0.3 is 0 Å². The van der Waals surface area contributed by atoms with Gasteiger partial charge in [-0.2, -0.15) is 0 Å². The molecule has 0 spiro atoms. The summed E-state index contributed by atoms with van der Waals surface area (Å²) in [6.45, 7) is 11.8. The van der Waals surface area contributed by atoms with Crippen LogP contribution >= 0.6 is 0 Å².